The summed E-state index contributed by atoms with van der Waals surface area (Å²) in [6.45, 7) is 1.86. The van der Waals surface area contributed by atoms with Crippen LogP contribution in [-0.2, 0) is 17.1 Å². The number of aromatic nitrogens is 1. The highest BCUT2D eigenvalue weighted by atomic mass is 32.2. The molecule has 128 valence electrons. The largest absolute Gasteiger partial charge is 0.377 e. The zero-order chi connectivity index (χ0) is 18.1. The third-order valence-electron chi connectivity index (χ3n) is 3.50. The molecule has 1 aromatic carbocycles. The lowest BCUT2D eigenvalue weighted by Crippen LogP contribution is -2.34. The number of nitrogens with zero attached hydrogens (tertiary/aromatic N) is 2. The maximum atomic E-state index is 12.4. The van der Waals surface area contributed by atoms with Crippen LogP contribution in [-0.4, -0.2) is 33.0 Å². The van der Waals surface area contributed by atoms with E-state index in [1.807, 2.05) is 11.6 Å². The summed E-state index contributed by atoms with van der Waals surface area (Å²) in [5.74, 6) is -0.955. The average molecular weight is 349 g/mol. The van der Waals surface area contributed by atoms with Gasteiger partial charge in [-0.05, 0) is 24.6 Å². The van der Waals surface area contributed by atoms with E-state index >= 15 is 0 Å². The average Bonchev–Trinajstić information content (AvgIpc) is 2.49. The van der Waals surface area contributed by atoms with Crippen molar-refractivity contribution in [3.05, 3.63) is 58.0 Å². The van der Waals surface area contributed by atoms with Crippen LogP contribution in [0.3, 0.4) is 0 Å². The summed E-state index contributed by atoms with van der Waals surface area (Å²) >= 11 is 0. The number of hydrogen-bond acceptors (Lipinski definition) is 5. The molecule has 0 atom stereocenters. The van der Waals surface area contributed by atoms with E-state index in [0.717, 1.165) is 11.3 Å². The highest BCUT2D eigenvalue weighted by Gasteiger charge is 2.21. The number of aryl methyl sites for hydroxylation is 2. The molecule has 0 radical (unpaired) electrons. The second-order valence-electron chi connectivity index (χ2n) is 5.67. The van der Waals surface area contributed by atoms with Gasteiger partial charge in [-0.15, -0.1) is 0 Å². The first kappa shape index (κ1) is 17.7. The van der Waals surface area contributed by atoms with Gasteiger partial charge in [0.05, 0.1) is 4.90 Å². The van der Waals surface area contributed by atoms with Gasteiger partial charge in [0.25, 0.3) is 15.9 Å². The lowest BCUT2D eigenvalue weighted by atomic mass is 10.2. The Labute approximate surface area is 140 Å². The molecule has 7 nitrogen and oxygen atoms in total. The number of carbonyl (C=O) groups excluding carboxylic acids is 1. The molecule has 0 bridgehead atoms. The van der Waals surface area contributed by atoms with Gasteiger partial charge in [-0.1, -0.05) is 6.07 Å². The highest BCUT2D eigenvalue weighted by Crippen LogP contribution is 2.22. The summed E-state index contributed by atoms with van der Waals surface area (Å²) in [5.41, 5.74) is 0.852. The van der Waals surface area contributed by atoms with Crippen molar-refractivity contribution >= 4 is 21.6 Å². The molecule has 2 aromatic rings. The summed E-state index contributed by atoms with van der Waals surface area (Å²) in [5, 5.41) is 0. The Bertz CT molecular complexity index is 946. The van der Waals surface area contributed by atoms with Gasteiger partial charge < -0.3 is 9.47 Å². The van der Waals surface area contributed by atoms with Crippen molar-refractivity contribution in [3.8, 4) is 0 Å². The molecule has 0 aliphatic heterocycles. The fraction of sp³-hybridized carbons (Fsp3) is 0.250. The van der Waals surface area contributed by atoms with E-state index in [9.17, 15) is 18.0 Å². The van der Waals surface area contributed by atoms with Crippen molar-refractivity contribution in [3.63, 3.8) is 0 Å². The van der Waals surface area contributed by atoms with Crippen LogP contribution in [0, 0.1) is 6.92 Å². The number of pyridine rings is 1. The van der Waals surface area contributed by atoms with E-state index < -0.39 is 21.4 Å². The Hall–Kier alpha value is -2.61. The van der Waals surface area contributed by atoms with Gasteiger partial charge in [0.15, 0.2) is 5.43 Å². The molecule has 0 fully saturated rings. The number of anilines is 1. The topological polar surface area (TPSA) is 88.5 Å². The SMILES string of the molecule is Cc1ccc(S(=O)(=O)NC(=O)c2cn(C)ccc2=O)cc1N(C)C. The molecule has 0 saturated carbocycles. The molecule has 2 rings (SSSR count). The van der Waals surface area contributed by atoms with Crippen LogP contribution >= 0.6 is 0 Å². The fourth-order valence-corrected chi connectivity index (χ4v) is 3.22. The standard InChI is InChI=1S/C16H19N3O4S/c1-11-5-6-12(9-14(11)18(2)3)24(22,23)17-16(21)13-10-19(4)8-7-15(13)20/h5-10H,1-4H3,(H,17,21). The van der Waals surface area contributed by atoms with Crippen molar-refractivity contribution in [2.45, 2.75) is 11.8 Å². The van der Waals surface area contributed by atoms with E-state index in [1.54, 1.807) is 32.1 Å². The first-order valence-electron chi connectivity index (χ1n) is 7.13. The maximum absolute atomic E-state index is 12.4. The predicted molar refractivity (Wildman–Crippen MR) is 91.8 cm³/mol. The van der Waals surface area contributed by atoms with Crippen LogP contribution in [0.1, 0.15) is 15.9 Å². The van der Waals surface area contributed by atoms with Gasteiger partial charge >= 0.3 is 0 Å². The molecular weight excluding hydrogens is 330 g/mol. The van der Waals surface area contributed by atoms with Crippen LogP contribution in [0.5, 0.6) is 0 Å². The number of benzene rings is 1. The van der Waals surface area contributed by atoms with E-state index in [0.29, 0.717) is 0 Å². The predicted octanol–water partition coefficient (Wildman–Crippen LogP) is 0.878. The third kappa shape index (κ3) is 3.65. The number of carbonyl (C=O) groups is 1. The minimum atomic E-state index is -4.08. The Kier molecular flexibility index (Phi) is 4.79. The van der Waals surface area contributed by atoms with Crippen molar-refractivity contribution in [2.75, 3.05) is 19.0 Å². The smallest absolute Gasteiger partial charge is 0.270 e. The minimum Gasteiger partial charge on any atom is -0.377 e. The Morgan fingerprint density at radius 2 is 1.88 bits per heavy atom. The molecule has 0 unspecified atom stereocenters. The van der Waals surface area contributed by atoms with Crippen molar-refractivity contribution in [2.24, 2.45) is 7.05 Å². The molecule has 24 heavy (non-hydrogen) atoms. The van der Waals surface area contributed by atoms with Gasteiger partial charge in [0.2, 0.25) is 0 Å². The number of hydrogen-bond donors (Lipinski definition) is 1. The van der Waals surface area contributed by atoms with Gasteiger partial charge in [-0.25, -0.2) is 13.1 Å². The second kappa shape index (κ2) is 6.48. The summed E-state index contributed by atoms with van der Waals surface area (Å²) in [7, 11) is 1.14. The Balaban J connectivity index is 2.38. The van der Waals surface area contributed by atoms with Crippen molar-refractivity contribution < 1.29 is 13.2 Å². The summed E-state index contributed by atoms with van der Waals surface area (Å²) in [4.78, 5) is 25.7. The molecule has 0 aliphatic rings. The number of nitrogens with one attached hydrogen (secondary N) is 1. The molecule has 0 spiro atoms. The maximum Gasteiger partial charge on any atom is 0.270 e. The van der Waals surface area contributed by atoms with Gasteiger partial charge in [0.1, 0.15) is 5.56 Å². The summed E-state index contributed by atoms with van der Waals surface area (Å²) in [6, 6.07) is 5.77. The number of amides is 1. The van der Waals surface area contributed by atoms with Crippen LogP contribution in [0.2, 0.25) is 0 Å². The number of sulfonamides is 1. The molecule has 0 aliphatic carbocycles. The quantitative estimate of drug-likeness (QED) is 0.885. The fourth-order valence-electron chi connectivity index (χ4n) is 2.23. The van der Waals surface area contributed by atoms with Crippen molar-refractivity contribution in [1.29, 1.82) is 0 Å². The Morgan fingerprint density at radius 3 is 2.50 bits per heavy atom. The van der Waals surface area contributed by atoms with E-state index in [-0.39, 0.29) is 10.5 Å². The van der Waals surface area contributed by atoms with Crippen LogP contribution < -0.4 is 15.1 Å². The van der Waals surface area contributed by atoms with Gasteiger partial charge in [-0.3, -0.25) is 9.59 Å². The zero-order valence-electron chi connectivity index (χ0n) is 13.9. The first-order valence-corrected chi connectivity index (χ1v) is 8.61. The van der Waals surface area contributed by atoms with Gasteiger partial charge in [0, 0.05) is 45.3 Å². The second-order valence-corrected chi connectivity index (χ2v) is 7.35. The summed E-state index contributed by atoms with van der Waals surface area (Å²) < 4.78 is 28.3. The van der Waals surface area contributed by atoms with E-state index in [4.69, 9.17) is 0 Å². The minimum absolute atomic E-state index is 0.0436. The first-order chi connectivity index (χ1) is 11.1. The molecule has 1 N–H and O–H groups in total. The molecule has 1 heterocycles. The zero-order valence-corrected chi connectivity index (χ0v) is 14.7. The molecule has 0 saturated heterocycles. The molecule has 1 aromatic heterocycles. The van der Waals surface area contributed by atoms with Crippen LogP contribution in [0.25, 0.3) is 0 Å². The Morgan fingerprint density at radius 1 is 1.21 bits per heavy atom. The van der Waals surface area contributed by atoms with Gasteiger partial charge in [-0.2, -0.15) is 0 Å². The molecule has 1 amide bonds. The van der Waals surface area contributed by atoms with Crippen LogP contribution in [0.4, 0.5) is 5.69 Å². The normalized spacial score (nSPS) is 11.2. The lowest BCUT2D eigenvalue weighted by Gasteiger charge is -2.17. The number of rotatable bonds is 4. The summed E-state index contributed by atoms with van der Waals surface area (Å²) in [6.07, 6.45) is 2.77. The van der Waals surface area contributed by atoms with E-state index in [2.05, 4.69) is 0 Å². The third-order valence-corrected chi connectivity index (χ3v) is 4.83. The van der Waals surface area contributed by atoms with E-state index in [1.165, 1.54) is 35.2 Å². The molecular formula is C16H19N3O4S. The lowest BCUT2D eigenvalue weighted by molar-refractivity contribution is 0.0979. The van der Waals surface area contributed by atoms with Crippen molar-refractivity contribution in [1.82, 2.24) is 9.29 Å². The van der Waals surface area contributed by atoms with Crippen LogP contribution in [0.15, 0.2) is 46.3 Å². The highest BCUT2D eigenvalue weighted by molar-refractivity contribution is 7.90. The monoisotopic (exact) mass is 349 g/mol. The molecule has 8 heteroatoms.